The molecule has 29 heavy (non-hydrogen) atoms. The van der Waals surface area contributed by atoms with Gasteiger partial charge in [0.2, 0.25) is 0 Å². The van der Waals surface area contributed by atoms with Crippen LogP contribution in [0.1, 0.15) is 39.2 Å². The molecular formula is C21H32N2O5Si. The van der Waals surface area contributed by atoms with Crippen LogP contribution < -0.4 is 10.1 Å². The molecule has 7 nitrogen and oxygen atoms in total. The summed E-state index contributed by atoms with van der Waals surface area (Å²) >= 11 is 0. The Morgan fingerprint density at radius 3 is 2.34 bits per heavy atom. The van der Waals surface area contributed by atoms with E-state index in [0.29, 0.717) is 24.3 Å². The van der Waals surface area contributed by atoms with Crippen LogP contribution in [0, 0.1) is 11.8 Å². The molecule has 0 spiro atoms. The highest BCUT2D eigenvalue weighted by atomic mass is 28.4. The second-order valence-corrected chi connectivity index (χ2v) is 12.9. The third-order valence-corrected chi connectivity index (χ3v) is 9.59. The molecule has 1 aromatic carbocycles. The fourth-order valence-corrected chi connectivity index (χ4v) is 3.34. The van der Waals surface area contributed by atoms with Crippen molar-refractivity contribution in [1.29, 1.82) is 0 Å². The highest BCUT2D eigenvalue weighted by molar-refractivity contribution is 6.74. The Hall–Kier alpha value is -2.50. The highest BCUT2D eigenvalue weighted by Gasteiger charge is 2.36. The molecule has 0 aliphatic rings. The predicted octanol–water partition coefficient (Wildman–Crippen LogP) is 4.32. The van der Waals surface area contributed by atoms with Crippen molar-refractivity contribution in [2.24, 2.45) is 5.16 Å². The summed E-state index contributed by atoms with van der Waals surface area (Å²) in [6, 6.07) is 6.06. The lowest BCUT2D eigenvalue weighted by atomic mass is 10.0. The first-order valence-corrected chi connectivity index (χ1v) is 12.4. The van der Waals surface area contributed by atoms with Crippen LogP contribution in [0.5, 0.6) is 5.75 Å². The smallest absolute Gasteiger partial charge is 0.405 e. The van der Waals surface area contributed by atoms with Gasteiger partial charge in [-0.1, -0.05) is 25.9 Å². The summed E-state index contributed by atoms with van der Waals surface area (Å²) < 4.78 is 11.2. The van der Waals surface area contributed by atoms with Gasteiger partial charge in [-0.3, -0.25) is 0 Å². The molecule has 1 aromatic rings. The van der Waals surface area contributed by atoms with Gasteiger partial charge in [0.1, 0.15) is 11.5 Å². The highest BCUT2D eigenvalue weighted by Crippen LogP contribution is 2.36. The van der Waals surface area contributed by atoms with Gasteiger partial charge in [0.05, 0.1) is 13.2 Å². The van der Waals surface area contributed by atoms with E-state index in [1.807, 2.05) is 0 Å². The minimum atomic E-state index is -1.80. The zero-order valence-corrected chi connectivity index (χ0v) is 19.1. The van der Waals surface area contributed by atoms with Gasteiger partial charge in [0.15, 0.2) is 8.32 Å². The van der Waals surface area contributed by atoms with Crippen molar-refractivity contribution in [1.82, 2.24) is 5.32 Å². The van der Waals surface area contributed by atoms with Crippen LogP contribution in [0.3, 0.4) is 0 Å². The zero-order valence-electron chi connectivity index (χ0n) is 18.1. The van der Waals surface area contributed by atoms with E-state index in [2.05, 4.69) is 56.2 Å². The molecule has 160 valence electrons. The summed E-state index contributed by atoms with van der Waals surface area (Å²) in [6.45, 7) is 11.5. The largest absolute Gasteiger partial charge is 0.497 e. The van der Waals surface area contributed by atoms with E-state index < -0.39 is 20.5 Å². The minimum Gasteiger partial charge on any atom is -0.497 e. The van der Waals surface area contributed by atoms with Crippen molar-refractivity contribution in [3.63, 3.8) is 0 Å². The average Bonchev–Trinajstić information content (AvgIpc) is 2.64. The van der Waals surface area contributed by atoms with Crippen molar-refractivity contribution in [2.75, 3.05) is 13.7 Å². The molecule has 0 bridgehead atoms. The topological polar surface area (TPSA) is 100 Å². The van der Waals surface area contributed by atoms with E-state index in [0.717, 1.165) is 0 Å². The first-order valence-electron chi connectivity index (χ1n) is 9.47. The Morgan fingerprint density at radius 2 is 1.86 bits per heavy atom. The van der Waals surface area contributed by atoms with Crippen molar-refractivity contribution in [2.45, 2.75) is 57.8 Å². The van der Waals surface area contributed by atoms with E-state index in [1.54, 1.807) is 31.4 Å². The van der Waals surface area contributed by atoms with Crippen LogP contribution in [0.4, 0.5) is 4.79 Å². The normalized spacial score (nSPS) is 13.2. The molecule has 0 unspecified atom stereocenters. The molecule has 1 rings (SSSR count). The fraction of sp³-hybridized carbons (Fsp3) is 0.524. The Balaban J connectivity index is 2.77. The van der Waals surface area contributed by atoms with E-state index in [4.69, 9.17) is 14.3 Å². The van der Waals surface area contributed by atoms with Crippen LogP contribution in [-0.2, 0) is 4.43 Å². The van der Waals surface area contributed by atoms with Crippen LogP contribution >= 0.6 is 0 Å². The lowest BCUT2D eigenvalue weighted by Crippen LogP contribution is -2.41. The Labute approximate surface area is 174 Å². The molecule has 3 N–H and O–H groups in total. The first kappa shape index (κ1) is 24.5. The number of hydrogen-bond donors (Lipinski definition) is 3. The number of rotatable bonds is 8. The van der Waals surface area contributed by atoms with E-state index in [1.165, 1.54) is 0 Å². The summed E-state index contributed by atoms with van der Waals surface area (Å²) in [5.41, 5.74) is 0.775. The molecule has 0 saturated carbocycles. The number of nitrogens with one attached hydrogen (secondary N) is 1. The molecule has 8 heteroatoms. The lowest BCUT2D eigenvalue weighted by Gasteiger charge is -2.35. The van der Waals surface area contributed by atoms with Gasteiger partial charge >= 0.3 is 6.09 Å². The molecule has 0 aromatic heterocycles. The molecule has 1 atom stereocenters. The van der Waals surface area contributed by atoms with E-state index in [9.17, 15) is 10.0 Å². The van der Waals surface area contributed by atoms with Crippen molar-refractivity contribution < 1.29 is 24.3 Å². The molecule has 0 fully saturated rings. The van der Waals surface area contributed by atoms with Crippen LogP contribution in [-0.4, -0.2) is 50.2 Å². The number of oxime groups is 1. The number of amides is 1. The Morgan fingerprint density at radius 1 is 1.24 bits per heavy atom. The van der Waals surface area contributed by atoms with Crippen LogP contribution in [0.25, 0.3) is 0 Å². The van der Waals surface area contributed by atoms with Crippen molar-refractivity contribution in [3.05, 3.63) is 29.8 Å². The second kappa shape index (κ2) is 10.9. The maximum absolute atomic E-state index is 11.2. The molecule has 0 heterocycles. The Kier molecular flexibility index (Phi) is 9.21. The zero-order chi connectivity index (χ0) is 22.1. The Bertz CT molecular complexity index is 758. The number of nitrogens with zero attached hydrogens (tertiary/aromatic N) is 1. The average molecular weight is 421 g/mol. The summed E-state index contributed by atoms with van der Waals surface area (Å²) in [6.07, 6.45) is -0.481. The maximum atomic E-state index is 11.2. The van der Waals surface area contributed by atoms with E-state index in [-0.39, 0.29) is 17.2 Å². The van der Waals surface area contributed by atoms with Crippen LogP contribution in [0.2, 0.25) is 18.1 Å². The minimum absolute atomic E-state index is 0.141. The molecule has 0 aliphatic heterocycles. The molecular weight excluding hydrogens is 388 g/mol. The van der Waals surface area contributed by atoms with Crippen molar-refractivity contribution >= 4 is 20.1 Å². The molecule has 0 aliphatic carbocycles. The van der Waals surface area contributed by atoms with Gasteiger partial charge in [-0.15, -0.1) is 11.8 Å². The van der Waals surface area contributed by atoms with Crippen LogP contribution in [0.15, 0.2) is 29.4 Å². The summed E-state index contributed by atoms with van der Waals surface area (Å²) in [5.74, 6) is 6.63. The molecule has 1 amide bonds. The third kappa shape index (κ3) is 7.79. The van der Waals surface area contributed by atoms with Gasteiger partial charge in [-0.25, -0.2) is 4.79 Å². The first-order chi connectivity index (χ1) is 13.5. The number of methoxy groups -OCH3 is 1. The molecule has 0 saturated heterocycles. The SMILES string of the molecule is COc1ccc(/C(=N/O)[C@H](CC#CCCO[Si](C)(C)C(C)(C)C)NC(=O)O)cc1. The third-order valence-electron chi connectivity index (χ3n) is 5.05. The summed E-state index contributed by atoms with van der Waals surface area (Å²) in [4.78, 5) is 11.2. The number of hydrogen-bond acceptors (Lipinski definition) is 5. The summed E-state index contributed by atoms with van der Waals surface area (Å²) in [5, 5.41) is 24.4. The quantitative estimate of drug-likeness (QED) is 0.145. The standard InChI is InChI=1S/C21H32N2O5Si/c1-21(2,3)29(5,6)28-15-9-7-8-10-18(22-20(24)25)19(23-26)16-11-13-17(27-4)14-12-16/h11-14,18,22,26H,9-10,15H2,1-6H3,(H,24,25)/b23-19-/t18-/m0/s1. The van der Waals surface area contributed by atoms with Gasteiger partial charge in [-0.2, -0.15) is 0 Å². The summed E-state index contributed by atoms with van der Waals surface area (Å²) in [7, 11) is -0.254. The second-order valence-electron chi connectivity index (χ2n) is 8.13. The van der Waals surface area contributed by atoms with Gasteiger partial charge in [-0.05, 0) is 42.4 Å². The van der Waals surface area contributed by atoms with Gasteiger partial charge in [0.25, 0.3) is 0 Å². The number of carboxylic acid groups (broad SMARTS) is 1. The van der Waals surface area contributed by atoms with Gasteiger partial charge < -0.3 is 24.8 Å². The van der Waals surface area contributed by atoms with E-state index >= 15 is 0 Å². The van der Waals surface area contributed by atoms with Crippen molar-refractivity contribution in [3.8, 4) is 17.6 Å². The molecule has 0 radical (unpaired) electrons. The number of benzene rings is 1. The predicted molar refractivity (Wildman–Crippen MR) is 116 cm³/mol. The number of carbonyl (C=O) groups is 1. The monoisotopic (exact) mass is 420 g/mol. The fourth-order valence-electron chi connectivity index (χ4n) is 2.29. The number of ether oxygens (including phenoxy) is 1. The lowest BCUT2D eigenvalue weighted by molar-refractivity contribution is 0.192. The van der Waals surface area contributed by atoms with Gasteiger partial charge in [0, 0.05) is 25.0 Å². The maximum Gasteiger partial charge on any atom is 0.405 e.